The number of rotatable bonds is 9. The first-order chi connectivity index (χ1) is 12.8. The lowest BCUT2D eigenvalue weighted by Gasteiger charge is -2.22. The van der Waals surface area contributed by atoms with E-state index in [1.165, 1.54) is 5.56 Å². The van der Waals surface area contributed by atoms with Crippen molar-refractivity contribution < 1.29 is 0 Å². The molecule has 1 aromatic heterocycles. The summed E-state index contributed by atoms with van der Waals surface area (Å²) in [5, 5.41) is 7.04. The fourth-order valence-electron chi connectivity index (χ4n) is 3.22. The minimum Gasteiger partial charge on any atom is -0.394 e. The molecule has 0 saturated heterocycles. The Balaban J connectivity index is 2.29. The Morgan fingerprint density at radius 2 is 1.74 bits per heavy atom. The van der Waals surface area contributed by atoms with Crippen LogP contribution in [0.1, 0.15) is 70.6 Å². The number of nitrogen functional groups attached to an aromatic ring is 1. The first kappa shape index (κ1) is 21.5. The maximum atomic E-state index is 6.47. The van der Waals surface area contributed by atoms with Gasteiger partial charge in [0.05, 0.1) is 17.1 Å². The second kappa shape index (κ2) is 9.98. The molecule has 2 aromatic rings. The highest BCUT2D eigenvalue weighted by molar-refractivity contribution is 9.10. The Morgan fingerprint density at radius 1 is 1.07 bits per heavy atom. The summed E-state index contributed by atoms with van der Waals surface area (Å²) in [5.74, 6) is 1.18. The summed E-state index contributed by atoms with van der Waals surface area (Å²) in [4.78, 5) is 4.63. The summed E-state index contributed by atoms with van der Waals surface area (Å²) < 4.78 is 1.01. The number of hydrogen-bond acceptors (Lipinski definition) is 4. The molecule has 0 atom stereocenters. The molecular formula is C22H33BrN4. The highest BCUT2D eigenvalue weighted by atomic mass is 79.9. The molecule has 0 saturated carbocycles. The van der Waals surface area contributed by atoms with E-state index in [0.29, 0.717) is 23.5 Å². The van der Waals surface area contributed by atoms with E-state index in [-0.39, 0.29) is 0 Å². The lowest BCUT2D eigenvalue weighted by molar-refractivity contribution is 0.586. The number of aryl methyl sites for hydroxylation is 1. The third kappa shape index (κ3) is 5.86. The van der Waals surface area contributed by atoms with Gasteiger partial charge in [0.25, 0.3) is 0 Å². The molecule has 1 heterocycles. The molecule has 0 aliphatic carbocycles. The predicted molar refractivity (Wildman–Crippen MR) is 122 cm³/mol. The van der Waals surface area contributed by atoms with Crippen molar-refractivity contribution in [1.82, 2.24) is 4.98 Å². The van der Waals surface area contributed by atoms with Crippen molar-refractivity contribution >= 4 is 38.8 Å². The van der Waals surface area contributed by atoms with Crippen molar-refractivity contribution in [2.24, 2.45) is 0 Å². The van der Waals surface area contributed by atoms with E-state index in [2.05, 4.69) is 77.4 Å². The van der Waals surface area contributed by atoms with Crippen LogP contribution in [0, 0.1) is 6.92 Å². The molecule has 4 nitrogen and oxygen atoms in total. The molecule has 0 bridgehead atoms. The van der Waals surface area contributed by atoms with Gasteiger partial charge < -0.3 is 16.4 Å². The summed E-state index contributed by atoms with van der Waals surface area (Å²) in [6.45, 7) is 10.8. The van der Waals surface area contributed by atoms with Gasteiger partial charge in [0.1, 0.15) is 0 Å². The van der Waals surface area contributed by atoms with Gasteiger partial charge in [-0.25, -0.2) is 4.98 Å². The number of benzene rings is 1. The molecule has 0 aliphatic heterocycles. The van der Waals surface area contributed by atoms with Gasteiger partial charge in [0, 0.05) is 16.2 Å². The molecule has 0 fully saturated rings. The van der Waals surface area contributed by atoms with E-state index in [1.54, 1.807) is 0 Å². The maximum Gasteiger partial charge on any atom is 0.156 e. The van der Waals surface area contributed by atoms with Gasteiger partial charge in [-0.1, -0.05) is 46.6 Å². The largest absolute Gasteiger partial charge is 0.394 e. The van der Waals surface area contributed by atoms with Crippen LogP contribution in [0.3, 0.4) is 0 Å². The Kier molecular flexibility index (Phi) is 7.96. The number of pyridine rings is 1. The third-order valence-electron chi connectivity index (χ3n) is 4.73. The fraction of sp³-hybridized carbons (Fsp3) is 0.500. The van der Waals surface area contributed by atoms with Crippen LogP contribution >= 0.6 is 15.9 Å². The zero-order valence-electron chi connectivity index (χ0n) is 17.2. The molecule has 0 spiro atoms. The van der Waals surface area contributed by atoms with Crippen molar-refractivity contribution in [3.63, 3.8) is 0 Å². The molecule has 148 valence electrons. The number of hydrogen-bond donors (Lipinski definition) is 3. The summed E-state index contributed by atoms with van der Waals surface area (Å²) in [5.41, 5.74) is 11.3. The van der Waals surface area contributed by atoms with E-state index in [1.807, 2.05) is 13.0 Å². The molecule has 0 unspecified atom stereocenters. The SMILES string of the molecule is CCCC(CCC)Nc1cc(C)nc(Nc2ccc(C(C)C)cc2Br)c1N. The van der Waals surface area contributed by atoms with Gasteiger partial charge in [-0.2, -0.15) is 0 Å². The third-order valence-corrected chi connectivity index (χ3v) is 5.39. The standard InChI is InChI=1S/C22H33BrN4/c1-6-8-17(9-7-2)26-20-12-15(5)25-22(21(20)24)27-19-11-10-16(14(3)4)13-18(19)23/h10-14,17H,6-9,24H2,1-5H3,(H2,25,26,27). The average Bonchev–Trinajstić information content (AvgIpc) is 2.60. The van der Waals surface area contributed by atoms with Gasteiger partial charge in [-0.3, -0.25) is 0 Å². The summed E-state index contributed by atoms with van der Waals surface area (Å²) in [7, 11) is 0. The minimum absolute atomic E-state index is 0.439. The topological polar surface area (TPSA) is 63.0 Å². The number of halogens is 1. The Labute approximate surface area is 172 Å². The molecule has 1 aromatic carbocycles. The maximum absolute atomic E-state index is 6.47. The molecule has 2 rings (SSSR count). The van der Waals surface area contributed by atoms with Crippen LogP contribution in [0.25, 0.3) is 0 Å². The quantitative estimate of drug-likeness (QED) is 0.399. The second-order valence-corrected chi connectivity index (χ2v) is 8.37. The molecule has 4 N–H and O–H groups in total. The minimum atomic E-state index is 0.439. The van der Waals surface area contributed by atoms with Crippen LogP contribution in [-0.2, 0) is 0 Å². The Hall–Kier alpha value is -1.75. The predicted octanol–water partition coefficient (Wildman–Crippen LogP) is 6.98. The smallest absolute Gasteiger partial charge is 0.156 e. The van der Waals surface area contributed by atoms with Crippen molar-refractivity contribution in [1.29, 1.82) is 0 Å². The highest BCUT2D eigenvalue weighted by Crippen LogP contribution is 2.34. The molecule has 0 aliphatic rings. The van der Waals surface area contributed by atoms with Crippen molar-refractivity contribution in [2.45, 2.75) is 72.3 Å². The van der Waals surface area contributed by atoms with E-state index in [0.717, 1.165) is 47.2 Å². The first-order valence-corrected chi connectivity index (χ1v) is 10.7. The van der Waals surface area contributed by atoms with Crippen LogP contribution in [-0.4, -0.2) is 11.0 Å². The van der Waals surface area contributed by atoms with Crippen LogP contribution < -0.4 is 16.4 Å². The van der Waals surface area contributed by atoms with Crippen molar-refractivity contribution in [3.8, 4) is 0 Å². The summed E-state index contributed by atoms with van der Waals surface area (Å²) in [6.07, 6.45) is 4.59. The molecule has 0 radical (unpaired) electrons. The van der Waals surface area contributed by atoms with Gasteiger partial charge in [0.15, 0.2) is 5.82 Å². The Bertz CT molecular complexity index is 752. The van der Waals surface area contributed by atoms with E-state index in [9.17, 15) is 0 Å². The lowest BCUT2D eigenvalue weighted by atomic mass is 10.0. The molecule has 5 heteroatoms. The molecule has 27 heavy (non-hydrogen) atoms. The monoisotopic (exact) mass is 432 g/mol. The van der Waals surface area contributed by atoms with Gasteiger partial charge in [-0.05, 0) is 65.4 Å². The van der Waals surface area contributed by atoms with E-state index in [4.69, 9.17) is 5.73 Å². The molecule has 0 amide bonds. The summed E-state index contributed by atoms with van der Waals surface area (Å²) >= 11 is 3.67. The first-order valence-electron chi connectivity index (χ1n) is 9.95. The Morgan fingerprint density at radius 3 is 2.30 bits per heavy atom. The highest BCUT2D eigenvalue weighted by Gasteiger charge is 2.14. The lowest BCUT2D eigenvalue weighted by Crippen LogP contribution is -2.20. The van der Waals surface area contributed by atoms with Gasteiger partial charge in [-0.15, -0.1) is 0 Å². The number of anilines is 4. The fourth-order valence-corrected chi connectivity index (χ4v) is 3.72. The normalized spacial score (nSPS) is 11.3. The number of nitrogens with two attached hydrogens (primary N) is 1. The van der Waals surface area contributed by atoms with Crippen LogP contribution in [0.2, 0.25) is 0 Å². The van der Waals surface area contributed by atoms with Crippen molar-refractivity contribution in [3.05, 3.63) is 40.0 Å². The number of nitrogens with zero attached hydrogens (tertiary/aromatic N) is 1. The second-order valence-electron chi connectivity index (χ2n) is 7.51. The number of nitrogens with one attached hydrogen (secondary N) is 2. The van der Waals surface area contributed by atoms with Crippen LogP contribution in [0.4, 0.5) is 22.9 Å². The van der Waals surface area contributed by atoms with E-state index < -0.39 is 0 Å². The van der Waals surface area contributed by atoms with E-state index >= 15 is 0 Å². The van der Waals surface area contributed by atoms with Crippen LogP contribution in [0.5, 0.6) is 0 Å². The zero-order chi connectivity index (χ0) is 20.0. The van der Waals surface area contributed by atoms with Crippen molar-refractivity contribution in [2.75, 3.05) is 16.4 Å². The average molecular weight is 433 g/mol. The van der Waals surface area contributed by atoms with Crippen LogP contribution in [0.15, 0.2) is 28.7 Å². The zero-order valence-corrected chi connectivity index (χ0v) is 18.8. The number of aromatic nitrogens is 1. The van der Waals surface area contributed by atoms with Gasteiger partial charge >= 0.3 is 0 Å². The summed E-state index contributed by atoms with van der Waals surface area (Å²) in [6, 6.07) is 8.84. The van der Waals surface area contributed by atoms with Gasteiger partial charge in [0.2, 0.25) is 0 Å². The molecular weight excluding hydrogens is 400 g/mol.